The highest BCUT2D eigenvalue weighted by atomic mass is 35.5. The summed E-state index contributed by atoms with van der Waals surface area (Å²) in [6.45, 7) is 6.63. The molecule has 0 spiro atoms. The summed E-state index contributed by atoms with van der Waals surface area (Å²) in [7, 11) is 0. The lowest BCUT2D eigenvalue weighted by atomic mass is 10.1. The first-order chi connectivity index (χ1) is 12.5. The fourth-order valence-electron chi connectivity index (χ4n) is 2.54. The fraction of sp³-hybridized carbons (Fsp3) is 0.381. The molecule has 3 nitrogen and oxygen atoms in total. The molecule has 0 aliphatic rings. The standard InChI is InChI=1S/C21H26ClNO2S/c1-4-19(25-20-10-5-15(2)13-16(20)3)21(24)23-11-12-26-14-17-6-8-18(22)9-7-17/h5-10,13,19H,4,11-12,14H2,1-3H3,(H,23,24)/t19-/m0/s1. The summed E-state index contributed by atoms with van der Waals surface area (Å²) in [5.41, 5.74) is 3.47. The molecule has 0 bridgehead atoms. The highest BCUT2D eigenvalue weighted by molar-refractivity contribution is 7.98. The number of amides is 1. The van der Waals surface area contributed by atoms with E-state index in [9.17, 15) is 4.79 Å². The molecule has 2 rings (SSSR count). The van der Waals surface area contributed by atoms with E-state index in [4.69, 9.17) is 16.3 Å². The van der Waals surface area contributed by atoms with E-state index >= 15 is 0 Å². The second kappa shape index (κ2) is 10.5. The Labute approximate surface area is 165 Å². The van der Waals surface area contributed by atoms with E-state index < -0.39 is 6.10 Å². The van der Waals surface area contributed by atoms with Crippen molar-refractivity contribution in [3.05, 3.63) is 64.2 Å². The lowest BCUT2D eigenvalue weighted by Crippen LogP contribution is -2.39. The van der Waals surface area contributed by atoms with Gasteiger partial charge in [-0.2, -0.15) is 11.8 Å². The van der Waals surface area contributed by atoms with Gasteiger partial charge in [-0.25, -0.2) is 0 Å². The molecule has 0 aliphatic heterocycles. The van der Waals surface area contributed by atoms with Crippen molar-refractivity contribution in [1.29, 1.82) is 0 Å². The van der Waals surface area contributed by atoms with Gasteiger partial charge in [0.05, 0.1) is 0 Å². The number of benzene rings is 2. The van der Waals surface area contributed by atoms with E-state index in [1.807, 2.05) is 57.2 Å². The average Bonchev–Trinajstić information content (AvgIpc) is 2.62. The maximum Gasteiger partial charge on any atom is 0.261 e. The van der Waals surface area contributed by atoms with Crippen molar-refractivity contribution in [3.8, 4) is 5.75 Å². The third kappa shape index (κ3) is 6.58. The molecule has 0 radical (unpaired) electrons. The Balaban J connectivity index is 1.73. The molecule has 0 aromatic heterocycles. The average molecular weight is 392 g/mol. The van der Waals surface area contributed by atoms with E-state index in [2.05, 4.69) is 11.4 Å². The van der Waals surface area contributed by atoms with Gasteiger partial charge in [-0.15, -0.1) is 0 Å². The Morgan fingerprint density at radius 3 is 2.58 bits per heavy atom. The first-order valence-electron chi connectivity index (χ1n) is 8.83. The smallest absolute Gasteiger partial charge is 0.261 e. The van der Waals surface area contributed by atoms with Crippen molar-refractivity contribution in [2.45, 2.75) is 39.0 Å². The predicted octanol–water partition coefficient (Wildman–Crippen LogP) is 5.16. The quantitative estimate of drug-likeness (QED) is 0.599. The number of ether oxygens (including phenoxy) is 1. The molecule has 1 atom stereocenters. The molecule has 0 unspecified atom stereocenters. The number of aryl methyl sites for hydroxylation is 2. The summed E-state index contributed by atoms with van der Waals surface area (Å²) >= 11 is 7.67. The molecule has 2 aromatic carbocycles. The van der Waals surface area contributed by atoms with Crippen LogP contribution < -0.4 is 10.1 Å². The van der Waals surface area contributed by atoms with Crippen LogP contribution in [-0.2, 0) is 10.5 Å². The van der Waals surface area contributed by atoms with Gasteiger partial charge in [-0.1, -0.05) is 48.4 Å². The summed E-state index contributed by atoms with van der Waals surface area (Å²) in [5, 5.41) is 3.72. The SMILES string of the molecule is CC[C@H](Oc1ccc(C)cc1C)C(=O)NCCSCc1ccc(Cl)cc1. The first kappa shape index (κ1) is 20.7. The molecule has 2 aromatic rings. The van der Waals surface area contributed by atoms with Crippen LogP contribution in [0.25, 0.3) is 0 Å². The molecule has 0 saturated heterocycles. The first-order valence-corrected chi connectivity index (χ1v) is 10.4. The highest BCUT2D eigenvalue weighted by Gasteiger charge is 2.18. The molecule has 5 heteroatoms. The van der Waals surface area contributed by atoms with E-state index in [1.54, 1.807) is 11.8 Å². The largest absolute Gasteiger partial charge is 0.480 e. The molecular formula is C21H26ClNO2S. The van der Waals surface area contributed by atoms with E-state index in [0.29, 0.717) is 13.0 Å². The van der Waals surface area contributed by atoms with Gasteiger partial charge >= 0.3 is 0 Å². The van der Waals surface area contributed by atoms with Crippen molar-refractivity contribution in [2.24, 2.45) is 0 Å². The van der Waals surface area contributed by atoms with Crippen LogP contribution in [0.15, 0.2) is 42.5 Å². The zero-order valence-electron chi connectivity index (χ0n) is 15.5. The molecule has 26 heavy (non-hydrogen) atoms. The van der Waals surface area contributed by atoms with Gasteiger partial charge in [0, 0.05) is 23.1 Å². The van der Waals surface area contributed by atoms with Crippen LogP contribution in [-0.4, -0.2) is 24.3 Å². The van der Waals surface area contributed by atoms with Crippen LogP contribution in [0, 0.1) is 13.8 Å². The van der Waals surface area contributed by atoms with Crippen LogP contribution in [0.4, 0.5) is 0 Å². The van der Waals surface area contributed by atoms with E-state index in [0.717, 1.165) is 27.8 Å². The van der Waals surface area contributed by atoms with Gasteiger partial charge < -0.3 is 10.1 Å². The molecule has 0 saturated carbocycles. The Kier molecular flexibility index (Phi) is 8.33. The zero-order valence-corrected chi connectivity index (χ0v) is 17.1. The highest BCUT2D eigenvalue weighted by Crippen LogP contribution is 2.21. The second-order valence-corrected chi connectivity index (χ2v) is 7.80. The van der Waals surface area contributed by atoms with Crippen molar-refractivity contribution < 1.29 is 9.53 Å². The minimum absolute atomic E-state index is 0.0560. The molecule has 0 aliphatic carbocycles. The summed E-state index contributed by atoms with van der Waals surface area (Å²) in [5.74, 6) is 2.48. The van der Waals surface area contributed by atoms with Gasteiger partial charge in [-0.3, -0.25) is 4.79 Å². The lowest BCUT2D eigenvalue weighted by Gasteiger charge is -2.19. The van der Waals surface area contributed by atoms with E-state index in [1.165, 1.54) is 11.1 Å². The molecule has 0 heterocycles. The Morgan fingerprint density at radius 1 is 1.19 bits per heavy atom. The van der Waals surface area contributed by atoms with Crippen LogP contribution in [0.1, 0.15) is 30.0 Å². The van der Waals surface area contributed by atoms with Gasteiger partial charge in [0.25, 0.3) is 5.91 Å². The summed E-state index contributed by atoms with van der Waals surface area (Å²) < 4.78 is 5.92. The predicted molar refractivity (Wildman–Crippen MR) is 111 cm³/mol. The van der Waals surface area contributed by atoms with Gasteiger partial charge in [0.2, 0.25) is 0 Å². The number of halogens is 1. The van der Waals surface area contributed by atoms with Crippen molar-refractivity contribution in [2.75, 3.05) is 12.3 Å². The number of hydrogen-bond donors (Lipinski definition) is 1. The summed E-state index contributed by atoms with van der Waals surface area (Å²) in [6, 6.07) is 13.8. The monoisotopic (exact) mass is 391 g/mol. The van der Waals surface area contributed by atoms with Crippen LogP contribution in [0.5, 0.6) is 5.75 Å². The normalized spacial score (nSPS) is 11.8. The van der Waals surface area contributed by atoms with Crippen LogP contribution in [0.2, 0.25) is 5.02 Å². The topological polar surface area (TPSA) is 38.3 Å². The summed E-state index contributed by atoms with van der Waals surface area (Å²) in [4.78, 5) is 12.4. The molecule has 140 valence electrons. The number of carbonyl (C=O) groups is 1. The van der Waals surface area contributed by atoms with Gasteiger partial charge in [0.1, 0.15) is 5.75 Å². The Bertz CT molecular complexity index is 718. The van der Waals surface area contributed by atoms with Gasteiger partial charge in [0.15, 0.2) is 6.10 Å². The van der Waals surface area contributed by atoms with Crippen molar-refractivity contribution in [3.63, 3.8) is 0 Å². The second-order valence-electron chi connectivity index (χ2n) is 6.25. The van der Waals surface area contributed by atoms with Crippen molar-refractivity contribution in [1.82, 2.24) is 5.32 Å². The fourth-order valence-corrected chi connectivity index (χ4v) is 3.48. The lowest BCUT2D eigenvalue weighted by molar-refractivity contribution is -0.128. The number of nitrogens with one attached hydrogen (secondary N) is 1. The number of hydrogen-bond acceptors (Lipinski definition) is 3. The Hall–Kier alpha value is -1.65. The molecular weight excluding hydrogens is 366 g/mol. The van der Waals surface area contributed by atoms with E-state index in [-0.39, 0.29) is 5.91 Å². The van der Waals surface area contributed by atoms with Gasteiger partial charge in [-0.05, 0) is 49.6 Å². The third-order valence-corrected chi connectivity index (χ3v) is 5.27. The number of thioether (sulfide) groups is 1. The maximum absolute atomic E-state index is 12.4. The Morgan fingerprint density at radius 2 is 1.92 bits per heavy atom. The third-order valence-electron chi connectivity index (χ3n) is 3.99. The van der Waals surface area contributed by atoms with Crippen LogP contribution >= 0.6 is 23.4 Å². The number of rotatable bonds is 9. The zero-order chi connectivity index (χ0) is 18.9. The summed E-state index contributed by atoms with van der Waals surface area (Å²) in [6.07, 6.45) is 0.175. The van der Waals surface area contributed by atoms with Crippen molar-refractivity contribution >= 4 is 29.3 Å². The maximum atomic E-state index is 12.4. The minimum Gasteiger partial charge on any atom is -0.480 e. The molecule has 1 amide bonds. The minimum atomic E-state index is -0.460. The number of carbonyl (C=O) groups excluding carboxylic acids is 1. The molecule has 0 fully saturated rings. The molecule has 1 N–H and O–H groups in total. The van der Waals surface area contributed by atoms with Crippen LogP contribution in [0.3, 0.4) is 0 Å².